The smallest absolute Gasteiger partial charge is 0.229 e. The number of anilines is 2. The van der Waals surface area contributed by atoms with E-state index in [9.17, 15) is 4.39 Å². The Labute approximate surface area is 196 Å². The lowest BCUT2D eigenvalue weighted by Gasteiger charge is -2.30. The molecule has 0 radical (unpaired) electrons. The van der Waals surface area contributed by atoms with Crippen molar-refractivity contribution in [1.82, 2.24) is 19.6 Å². The van der Waals surface area contributed by atoms with Gasteiger partial charge in [0.15, 0.2) is 0 Å². The third-order valence-corrected chi connectivity index (χ3v) is 6.74. The highest BCUT2D eigenvalue weighted by Gasteiger charge is 2.41. The van der Waals surface area contributed by atoms with E-state index in [0.717, 1.165) is 36.9 Å². The summed E-state index contributed by atoms with van der Waals surface area (Å²) in [5.74, 6) is -0.909. The zero-order valence-electron chi connectivity index (χ0n) is 19.2. The number of alkyl halides is 1. The van der Waals surface area contributed by atoms with E-state index in [2.05, 4.69) is 20.4 Å². The minimum Gasteiger partial charge on any atom is -0.497 e. The lowest BCUT2D eigenvalue weighted by atomic mass is 9.81. The Balaban J connectivity index is 1.49. The van der Waals surface area contributed by atoms with Crippen molar-refractivity contribution in [2.24, 2.45) is 5.73 Å². The Hall–Kier alpha value is -3.33. The molecule has 0 saturated heterocycles. The fraction of sp³-hybridized carbons (Fsp3) is 0.400. The summed E-state index contributed by atoms with van der Waals surface area (Å²) in [6, 6.07) is 5.58. The molecule has 0 amide bonds. The highest BCUT2D eigenvalue weighted by molar-refractivity contribution is 5.62. The van der Waals surface area contributed by atoms with Crippen molar-refractivity contribution in [3.63, 3.8) is 0 Å². The molecule has 34 heavy (non-hydrogen) atoms. The average Bonchev–Trinajstić information content (AvgIpc) is 3.20. The Bertz CT molecular complexity index is 1270. The van der Waals surface area contributed by atoms with Crippen LogP contribution in [0.4, 0.5) is 20.4 Å². The molecule has 0 aliphatic heterocycles. The lowest BCUT2D eigenvalue weighted by molar-refractivity contribution is 0.186. The monoisotopic (exact) mass is 466 g/mol. The van der Waals surface area contributed by atoms with Crippen LogP contribution < -0.4 is 11.1 Å². The largest absolute Gasteiger partial charge is 0.497 e. The van der Waals surface area contributed by atoms with Crippen LogP contribution in [0.5, 0.6) is 0 Å². The molecule has 1 fully saturated rings. The first-order valence-electron chi connectivity index (χ1n) is 11.5. The van der Waals surface area contributed by atoms with Crippen molar-refractivity contribution in [2.45, 2.75) is 56.2 Å². The van der Waals surface area contributed by atoms with Crippen LogP contribution in [-0.2, 0) is 4.74 Å². The van der Waals surface area contributed by atoms with Crippen molar-refractivity contribution in [3.05, 3.63) is 71.8 Å². The van der Waals surface area contributed by atoms with Gasteiger partial charge in [-0.25, -0.2) is 13.8 Å². The van der Waals surface area contributed by atoms with Gasteiger partial charge in [0.1, 0.15) is 17.3 Å². The third-order valence-electron chi connectivity index (χ3n) is 6.74. The molecule has 2 aliphatic carbocycles. The minimum atomic E-state index is -2.00. The van der Waals surface area contributed by atoms with E-state index < -0.39 is 17.4 Å². The Morgan fingerprint density at radius 3 is 2.85 bits per heavy atom. The zero-order valence-corrected chi connectivity index (χ0v) is 19.2. The van der Waals surface area contributed by atoms with E-state index in [4.69, 9.17) is 10.5 Å². The molecule has 3 heterocycles. The number of nitrogens with two attached hydrogens (primary N) is 1. The maximum atomic E-state index is 15.4. The lowest BCUT2D eigenvalue weighted by Crippen LogP contribution is -2.30. The van der Waals surface area contributed by atoms with Crippen molar-refractivity contribution < 1.29 is 13.5 Å². The van der Waals surface area contributed by atoms with Gasteiger partial charge in [0, 0.05) is 18.3 Å². The van der Waals surface area contributed by atoms with Crippen molar-refractivity contribution in [1.29, 1.82) is 0 Å². The number of fused-ring (bicyclic) bond motifs is 1. The van der Waals surface area contributed by atoms with Gasteiger partial charge in [0.2, 0.25) is 5.95 Å². The van der Waals surface area contributed by atoms with Gasteiger partial charge in [-0.2, -0.15) is 9.61 Å². The number of nitrogens with zero attached hydrogens (tertiary/aromatic N) is 4. The molecule has 2 unspecified atom stereocenters. The Morgan fingerprint density at radius 2 is 2.09 bits per heavy atom. The van der Waals surface area contributed by atoms with E-state index in [0.29, 0.717) is 17.4 Å². The summed E-state index contributed by atoms with van der Waals surface area (Å²) >= 11 is 0. The molecule has 3 aromatic heterocycles. The van der Waals surface area contributed by atoms with E-state index >= 15 is 4.39 Å². The minimum absolute atomic E-state index is 0.149. The number of allylic oxidation sites excluding steroid dienone is 3. The van der Waals surface area contributed by atoms with Crippen LogP contribution >= 0.6 is 0 Å². The molecule has 4 atom stereocenters. The topological polar surface area (TPSA) is 90.4 Å². The molecular weight excluding hydrogens is 438 g/mol. The van der Waals surface area contributed by atoms with Crippen LogP contribution in [0.25, 0.3) is 5.52 Å². The molecule has 0 spiro atoms. The van der Waals surface area contributed by atoms with Crippen LogP contribution in [-0.4, -0.2) is 38.4 Å². The van der Waals surface area contributed by atoms with Crippen LogP contribution in [0, 0.1) is 0 Å². The highest BCUT2D eigenvalue weighted by Crippen LogP contribution is 2.43. The molecule has 178 valence electrons. The van der Waals surface area contributed by atoms with Crippen molar-refractivity contribution in [2.75, 3.05) is 12.4 Å². The summed E-state index contributed by atoms with van der Waals surface area (Å²) in [6.45, 7) is 1.32. The second-order valence-corrected chi connectivity index (χ2v) is 9.25. The van der Waals surface area contributed by atoms with Gasteiger partial charge in [0.05, 0.1) is 42.3 Å². The second kappa shape index (κ2) is 8.79. The van der Waals surface area contributed by atoms with Gasteiger partial charge in [-0.05, 0) is 61.9 Å². The first-order valence-corrected chi connectivity index (χ1v) is 11.5. The fourth-order valence-corrected chi connectivity index (χ4v) is 5.07. The molecule has 7 nitrogen and oxygen atoms in total. The SMILES string of the molecule is COC1=CC(C)(F)C(c2ccc3cnc(Nc4cnccc4[C@@H]4CCC[C@H](N)C4)n3n2)C(F)=C1. The Morgan fingerprint density at radius 1 is 1.24 bits per heavy atom. The maximum Gasteiger partial charge on any atom is 0.229 e. The number of halogens is 2. The Kier molecular flexibility index (Phi) is 5.81. The highest BCUT2D eigenvalue weighted by atomic mass is 19.1. The predicted octanol–water partition coefficient (Wildman–Crippen LogP) is 5.06. The van der Waals surface area contributed by atoms with Gasteiger partial charge >= 0.3 is 0 Å². The maximum absolute atomic E-state index is 15.4. The average molecular weight is 467 g/mol. The predicted molar refractivity (Wildman–Crippen MR) is 126 cm³/mol. The van der Waals surface area contributed by atoms with Crippen molar-refractivity contribution >= 4 is 17.2 Å². The van der Waals surface area contributed by atoms with E-state index in [1.54, 1.807) is 35.2 Å². The van der Waals surface area contributed by atoms with Crippen LogP contribution in [0.1, 0.15) is 55.7 Å². The van der Waals surface area contributed by atoms with Gasteiger partial charge in [-0.3, -0.25) is 4.98 Å². The molecule has 9 heteroatoms. The molecule has 0 aromatic carbocycles. The summed E-state index contributed by atoms with van der Waals surface area (Å²) in [4.78, 5) is 8.74. The van der Waals surface area contributed by atoms with Crippen LogP contribution in [0.15, 0.2) is 60.5 Å². The normalized spacial score (nSPS) is 27.3. The summed E-state index contributed by atoms with van der Waals surface area (Å²) in [7, 11) is 1.38. The van der Waals surface area contributed by atoms with Crippen LogP contribution in [0.3, 0.4) is 0 Å². The first kappa shape index (κ1) is 22.5. The summed E-state index contributed by atoms with van der Waals surface area (Å²) in [5, 5.41) is 7.90. The molecule has 0 bridgehead atoms. The van der Waals surface area contributed by atoms with E-state index in [1.807, 2.05) is 6.07 Å². The van der Waals surface area contributed by atoms with E-state index in [-0.39, 0.29) is 17.5 Å². The fourth-order valence-electron chi connectivity index (χ4n) is 5.07. The first-order chi connectivity index (χ1) is 16.4. The van der Waals surface area contributed by atoms with Gasteiger partial charge in [-0.15, -0.1) is 0 Å². The number of ether oxygens (including phenoxy) is 1. The standard InChI is InChI=1S/C25H28F2N6O/c1-25(27)12-18(34-2)11-20(26)23(25)21-7-6-17-13-30-24(33(17)32-21)31-22-14-29-9-8-19(22)15-4-3-5-16(28)10-15/h6-9,11-16,23H,3-5,10,28H2,1-2H3,(H,30,31)/t15-,16+,23?,25?/m1/s1. The van der Waals surface area contributed by atoms with E-state index in [1.165, 1.54) is 26.2 Å². The van der Waals surface area contributed by atoms with Crippen molar-refractivity contribution in [3.8, 4) is 0 Å². The molecule has 1 saturated carbocycles. The number of nitrogens with one attached hydrogen (secondary N) is 1. The number of methoxy groups -OCH3 is 1. The number of hydrogen-bond donors (Lipinski definition) is 2. The summed E-state index contributed by atoms with van der Waals surface area (Å²) in [6.07, 6.45) is 11.8. The molecule has 5 rings (SSSR count). The van der Waals surface area contributed by atoms with Gasteiger partial charge in [-0.1, -0.05) is 6.42 Å². The number of aromatic nitrogens is 4. The third kappa shape index (κ3) is 4.16. The number of hydrogen-bond acceptors (Lipinski definition) is 6. The van der Waals surface area contributed by atoms with Gasteiger partial charge < -0.3 is 15.8 Å². The number of rotatable bonds is 5. The zero-order chi connectivity index (χ0) is 23.9. The van der Waals surface area contributed by atoms with Crippen LogP contribution in [0.2, 0.25) is 0 Å². The number of imidazole rings is 1. The molecule has 2 aliphatic rings. The molecule has 3 aromatic rings. The molecular formula is C25H28F2N6O. The molecule has 3 N–H and O–H groups in total. The second-order valence-electron chi connectivity index (χ2n) is 9.25. The van der Waals surface area contributed by atoms with Gasteiger partial charge in [0.25, 0.3) is 0 Å². The summed E-state index contributed by atoms with van der Waals surface area (Å²) in [5.41, 5.74) is 7.13. The summed E-state index contributed by atoms with van der Waals surface area (Å²) < 4.78 is 37.0. The number of pyridine rings is 1. The quantitative estimate of drug-likeness (QED) is 0.546.